The van der Waals surface area contributed by atoms with Crippen molar-refractivity contribution in [1.29, 1.82) is 0 Å². The fourth-order valence-corrected chi connectivity index (χ4v) is 1.61. The fraction of sp³-hybridized carbons (Fsp3) is 0.625. The molecule has 116 valence electrons. The summed E-state index contributed by atoms with van der Waals surface area (Å²) >= 11 is 0. The summed E-state index contributed by atoms with van der Waals surface area (Å²) in [5.41, 5.74) is 0.870. The Morgan fingerprint density at radius 2 is 1.05 bits per heavy atom. The molecule has 0 bridgehead atoms. The Hall–Kier alpha value is -0.320. The molecular formula is C16H26CaO4. The van der Waals surface area contributed by atoms with Gasteiger partial charge in [0.2, 0.25) is 0 Å². The van der Waals surface area contributed by atoms with E-state index in [-0.39, 0.29) is 37.7 Å². The van der Waals surface area contributed by atoms with Gasteiger partial charge in [0.15, 0.2) is 0 Å². The van der Waals surface area contributed by atoms with Crippen LogP contribution in [0.25, 0.3) is 0 Å². The molecule has 0 saturated heterocycles. The van der Waals surface area contributed by atoms with Crippen molar-refractivity contribution in [1.82, 2.24) is 0 Å². The number of hydrogen-bond acceptors (Lipinski definition) is 4. The van der Waals surface area contributed by atoms with Gasteiger partial charge in [0, 0.05) is 0 Å². The van der Waals surface area contributed by atoms with Gasteiger partial charge in [0.25, 0.3) is 0 Å². The zero-order chi connectivity index (χ0) is 16.0. The molecule has 0 heterocycles. The number of carboxylic acid groups (broad SMARTS) is 2. The van der Waals surface area contributed by atoms with E-state index in [1.165, 1.54) is 0 Å². The Balaban J connectivity index is -0.000000295. The normalized spacial score (nSPS) is 11.0. The number of rotatable bonds is 8. The van der Waals surface area contributed by atoms with Gasteiger partial charge in [-0.15, -0.1) is 0 Å². The summed E-state index contributed by atoms with van der Waals surface area (Å²) in [6, 6.07) is 0. The molecule has 21 heavy (non-hydrogen) atoms. The van der Waals surface area contributed by atoms with Crippen molar-refractivity contribution in [3.05, 3.63) is 23.3 Å². The molecule has 0 rings (SSSR count). The number of allylic oxidation sites excluding steroid dienone is 2. The second kappa shape index (κ2) is 17.7. The van der Waals surface area contributed by atoms with E-state index in [0.29, 0.717) is 24.0 Å². The number of carbonyl (C=O) groups excluding carboxylic acids is 2. The van der Waals surface area contributed by atoms with Crippen molar-refractivity contribution in [2.75, 3.05) is 0 Å². The Morgan fingerprint density at radius 1 is 0.762 bits per heavy atom. The van der Waals surface area contributed by atoms with Crippen LogP contribution in [0.5, 0.6) is 0 Å². The van der Waals surface area contributed by atoms with E-state index < -0.39 is 11.9 Å². The molecule has 0 amide bonds. The second-order valence-electron chi connectivity index (χ2n) is 4.35. The summed E-state index contributed by atoms with van der Waals surface area (Å²) in [6.07, 6.45) is 7.91. The van der Waals surface area contributed by atoms with Crippen LogP contribution < -0.4 is 10.2 Å². The molecule has 0 saturated carbocycles. The summed E-state index contributed by atoms with van der Waals surface area (Å²) in [6.45, 7) is 7.73. The van der Waals surface area contributed by atoms with Crippen molar-refractivity contribution in [2.24, 2.45) is 0 Å². The van der Waals surface area contributed by atoms with Crippen LogP contribution in [0.1, 0.15) is 66.2 Å². The molecule has 0 radical (unpaired) electrons. The van der Waals surface area contributed by atoms with Crippen molar-refractivity contribution >= 4 is 49.7 Å². The zero-order valence-electron chi connectivity index (χ0n) is 13.7. The van der Waals surface area contributed by atoms with Gasteiger partial charge in [-0.1, -0.05) is 52.7 Å². The first-order valence-corrected chi connectivity index (χ1v) is 7.25. The molecule has 0 spiro atoms. The first kappa shape index (κ1) is 25.6. The van der Waals surface area contributed by atoms with E-state index in [1.54, 1.807) is 12.2 Å². The van der Waals surface area contributed by atoms with Crippen LogP contribution in [0.15, 0.2) is 23.3 Å². The molecule has 0 unspecified atom stereocenters. The SMILES string of the molecule is CCC=C(CCC)C(=O)[O-].CCC=C(CCC)C(=O)[O-].[Ca+2]. The molecule has 0 fully saturated rings. The molecule has 0 aliphatic heterocycles. The predicted octanol–water partition coefficient (Wildman–Crippen LogP) is 1.36. The number of carbonyl (C=O) groups is 2. The summed E-state index contributed by atoms with van der Waals surface area (Å²) in [5, 5.41) is 20.6. The van der Waals surface area contributed by atoms with Crippen LogP contribution in [0.4, 0.5) is 0 Å². The van der Waals surface area contributed by atoms with E-state index in [1.807, 2.05) is 27.7 Å². The van der Waals surface area contributed by atoms with Gasteiger partial charge in [-0.05, 0) is 36.8 Å². The molecule has 0 aliphatic carbocycles. The topological polar surface area (TPSA) is 80.3 Å². The van der Waals surface area contributed by atoms with Gasteiger partial charge >= 0.3 is 37.7 Å². The van der Waals surface area contributed by atoms with Crippen LogP contribution in [0, 0.1) is 0 Å². The standard InChI is InChI=1S/2C8H14O2.Ca/c2*1-3-5-7(6-4-2)8(9)10;/h2*5H,3-4,6H2,1-2H3,(H,9,10);/q;;+2/p-2. The number of hydrogen-bond donors (Lipinski definition) is 0. The maximum absolute atomic E-state index is 10.3. The number of aliphatic carboxylic acids is 2. The molecular weight excluding hydrogens is 296 g/mol. The van der Waals surface area contributed by atoms with E-state index in [9.17, 15) is 19.8 Å². The minimum Gasteiger partial charge on any atom is -0.545 e. The summed E-state index contributed by atoms with van der Waals surface area (Å²) in [4.78, 5) is 20.6. The van der Waals surface area contributed by atoms with E-state index in [2.05, 4.69) is 0 Å². The minimum atomic E-state index is -1.02. The zero-order valence-corrected chi connectivity index (χ0v) is 15.9. The first-order valence-electron chi connectivity index (χ1n) is 7.25. The van der Waals surface area contributed by atoms with E-state index >= 15 is 0 Å². The van der Waals surface area contributed by atoms with Gasteiger partial charge < -0.3 is 19.8 Å². The summed E-state index contributed by atoms with van der Waals surface area (Å²) < 4.78 is 0. The predicted molar refractivity (Wildman–Crippen MR) is 82.3 cm³/mol. The minimum absolute atomic E-state index is 0. The van der Waals surface area contributed by atoms with Gasteiger partial charge in [0.1, 0.15) is 0 Å². The molecule has 0 atom stereocenters. The monoisotopic (exact) mass is 322 g/mol. The molecule has 0 aromatic rings. The van der Waals surface area contributed by atoms with Gasteiger partial charge in [0.05, 0.1) is 11.9 Å². The molecule has 5 heteroatoms. The molecule has 0 aromatic heterocycles. The Kier molecular flexibility index (Phi) is 21.6. The third kappa shape index (κ3) is 15.9. The van der Waals surface area contributed by atoms with Crippen molar-refractivity contribution in [3.8, 4) is 0 Å². The third-order valence-electron chi connectivity index (χ3n) is 2.46. The van der Waals surface area contributed by atoms with E-state index in [4.69, 9.17) is 0 Å². The van der Waals surface area contributed by atoms with Crippen molar-refractivity contribution < 1.29 is 19.8 Å². The van der Waals surface area contributed by atoms with Crippen LogP contribution in [-0.4, -0.2) is 49.7 Å². The average Bonchev–Trinajstić information content (AvgIpc) is 2.38. The van der Waals surface area contributed by atoms with Crippen LogP contribution in [0.3, 0.4) is 0 Å². The van der Waals surface area contributed by atoms with Gasteiger partial charge in [-0.3, -0.25) is 0 Å². The maximum atomic E-state index is 10.3. The van der Waals surface area contributed by atoms with Crippen LogP contribution >= 0.6 is 0 Å². The molecule has 0 aliphatic rings. The van der Waals surface area contributed by atoms with Gasteiger partial charge in [-0.2, -0.15) is 0 Å². The third-order valence-corrected chi connectivity index (χ3v) is 2.46. The fourth-order valence-electron chi connectivity index (χ4n) is 1.61. The molecule has 4 nitrogen and oxygen atoms in total. The summed E-state index contributed by atoms with van der Waals surface area (Å²) in [7, 11) is 0. The first-order chi connectivity index (χ1) is 9.44. The quantitative estimate of drug-likeness (QED) is 0.499. The van der Waals surface area contributed by atoms with Crippen molar-refractivity contribution in [3.63, 3.8) is 0 Å². The molecule has 0 aromatic carbocycles. The summed E-state index contributed by atoms with van der Waals surface area (Å²) in [5.74, 6) is -2.05. The van der Waals surface area contributed by atoms with Crippen LogP contribution in [0.2, 0.25) is 0 Å². The Bertz CT molecular complexity index is 312. The largest absolute Gasteiger partial charge is 2.00 e. The smallest absolute Gasteiger partial charge is 0.545 e. The van der Waals surface area contributed by atoms with E-state index in [0.717, 1.165) is 25.7 Å². The Labute approximate surface area is 158 Å². The number of carboxylic acids is 2. The van der Waals surface area contributed by atoms with Crippen molar-refractivity contribution in [2.45, 2.75) is 66.2 Å². The maximum Gasteiger partial charge on any atom is 2.00 e. The Morgan fingerprint density at radius 3 is 1.19 bits per heavy atom. The van der Waals surface area contributed by atoms with Crippen LogP contribution in [-0.2, 0) is 9.59 Å². The average molecular weight is 322 g/mol. The second-order valence-corrected chi connectivity index (χ2v) is 4.35. The van der Waals surface area contributed by atoms with Gasteiger partial charge in [-0.25, -0.2) is 0 Å². The molecule has 0 N–H and O–H groups in total.